The second kappa shape index (κ2) is 4.80. The Morgan fingerprint density at radius 1 is 1.44 bits per heavy atom. The summed E-state index contributed by atoms with van der Waals surface area (Å²) in [5.41, 5.74) is 14.3. The minimum atomic E-state index is -0.869. The maximum absolute atomic E-state index is 10.9. The lowest BCUT2D eigenvalue weighted by Crippen LogP contribution is -2.21. The Morgan fingerprint density at radius 3 is 2.72 bits per heavy atom. The second-order valence-electron chi connectivity index (χ2n) is 4.34. The molecule has 0 radical (unpaired) electrons. The number of benzene rings is 1. The van der Waals surface area contributed by atoms with E-state index in [2.05, 4.69) is 0 Å². The van der Waals surface area contributed by atoms with E-state index in [0.717, 1.165) is 22.2 Å². The van der Waals surface area contributed by atoms with Crippen LogP contribution in [-0.4, -0.2) is 22.2 Å². The Labute approximate surface area is 105 Å². The number of hydrogen-bond donors (Lipinski definition) is 3. The molecule has 0 bridgehead atoms. The summed E-state index contributed by atoms with van der Waals surface area (Å²) in [6, 6.07) is 7.38. The average Bonchev–Trinajstić information content (AvgIpc) is 2.62. The zero-order valence-electron chi connectivity index (χ0n) is 10.3. The number of fused-ring (bicyclic) bond motifs is 1. The van der Waals surface area contributed by atoms with Crippen molar-refractivity contribution in [3.05, 3.63) is 35.5 Å². The van der Waals surface area contributed by atoms with Gasteiger partial charge in [-0.25, -0.2) is 0 Å². The first kappa shape index (κ1) is 12.6. The van der Waals surface area contributed by atoms with Crippen LogP contribution in [0.1, 0.15) is 17.3 Å². The highest BCUT2D eigenvalue weighted by Gasteiger charge is 2.18. The normalized spacial score (nSPS) is 12.8. The van der Waals surface area contributed by atoms with Crippen molar-refractivity contribution >= 4 is 16.9 Å². The highest BCUT2D eigenvalue weighted by molar-refractivity contribution is 5.87. The first-order valence-corrected chi connectivity index (χ1v) is 5.81. The van der Waals surface area contributed by atoms with Crippen LogP contribution in [0.2, 0.25) is 0 Å². The molecule has 0 aliphatic carbocycles. The molecule has 2 rings (SSSR count). The largest absolute Gasteiger partial charge is 0.480 e. The van der Waals surface area contributed by atoms with E-state index in [1.807, 2.05) is 31.2 Å². The number of carboxylic acids is 1. The van der Waals surface area contributed by atoms with E-state index < -0.39 is 5.97 Å². The number of hydrogen-bond acceptors (Lipinski definition) is 3. The van der Waals surface area contributed by atoms with Gasteiger partial charge in [0.1, 0.15) is 6.54 Å². The fraction of sp³-hybridized carbons (Fsp3) is 0.308. The monoisotopic (exact) mass is 247 g/mol. The number of para-hydroxylation sites is 1. The minimum Gasteiger partial charge on any atom is -0.480 e. The third-order valence-electron chi connectivity index (χ3n) is 3.20. The molecule has 5 nitrogen and oxygen atoms in total. The molecule has 1 heterocycles. The molecule has 0 aliphatic heterocycles. The molecule has 1 atom stereocenters. The molecule has 96 valence electrons. The van der Waals surface area contributed by atoms with Gasteiger partial charge in [-0.05, 0) is 18.6 Å². The Kier molecular flexibility index (Phi) is 3.36. The maximum atomic E-state index is 10.9. The van der Waals surface area contributed by atoms with Crippen molar-refractivity contribution in [2.45, 2.75) is 19.5 Å². The van der Waals surface area contributed by atoms with Crippen LogP contribution >= 0.6 is 0 Å². The van der Waals surface area contributed by atoms with Gasteiger partial charge in [0.2, 0.25) is 0 Å². The Balaban J connectivity index is 2.71. The molecule has 0 saturated heterocycles. The number of nitrogens with two attached hydrogens (primary N) is 2. The van der Waals surface area contributed by atoms with Crippen molar-refractivity contribution in [2.75, 3.05) is 6.54 Å². The number of rotatable bonds is 4. The van der Waals surface area contributed by atoms with Crippen molar-refractivity contribution in [3.8, 4) is 0 Å². The van der Waals surface area contributed by atoms with E-state index in [-0.39, 0.29) is 12.6 Å². The molecule has 0 aliphatic rings. The van der Waals surface area contributed by atoms with E-state index in [1.165, 1.54) is 0 Å². The fourth-order valence-corrected chi connectivity index (χ4v) is 2.38. The Hall–Kier alpha value is -1.85. The summed E-state index contributed by atoms with van der Waals surface area (Å²) in [6.45, 7) is 2.15. The van der Waals surface area contributed by atoms with Gasteiger partial charge in [0.25, 0.3) is 0 Å². The molecule has 18 heavy (non-hydrogen) atoms. The molecule has 0 amide bonds. The molecule has 1 aromatic carbocycles. The SMILES string of the molecule is Cc1c(C(N)CN)c2ccccc2n1CC(=O)O. The molecule has 5 N–H and O–H groups in total. The molecule has 2 aromatic rings. The quantitative estimate of drug-likeness (QED) is 0.751. The number of carboxylic acid groups (broad SMARTS) is 1. The highest BCUT2D eigenvalue weighted by Crippen LogP contribution is 2.29. The van der Waals surface area contributed by atoms with Crippen molar-refractivity contribution in [2.24, 2.45) is 11.5 Å². The van der Waals surface area contributed by atoms with Gasteiger partial charge in [-0.3, -0.25) is 4.79 Å². The predicted octanol–water partition coefficient (Wildman–Crippen LogP) is 0.993. The van der Waals surface area contributed by atoms with E-state index >= 15 is 0 Å². The number of aliphatic carboxylic acids is 1. The van der Waals surface area contributed by atoms with Crippen molar-refractivity contribution in [3.63, 3.8) is 0 Å². The lowest BCUT2D eigenvalue weighted by Gasteiger charge is -2.10. The van der Waals surface area contributed by atoms with Gasteiger partial charge in [0.15, 0.2) is 0 Å². The molecule has 0 saturated carbocycles. The molecule has 0 fully saturated rings. The van der Waals surface area contributed by atoms with Crippen LogP contribution in [0, 0.1) is 6.92 Å². The fourth-order valence-electron chi connectivity index (χ4n) is 2.38. The van der Waals surface area contributed by atoms with Gasteiger partial charge in [-0.1, -0.05) is 18.2 Å². The summed E-state index contributed by atoms with van der Waals surface area (Å²) in [6.07, 6.45) is 0. The van der Waals surface area contributed by atoms with Gasteiger partial charge in [0.05, 0.1) is 0 Å². The lowest BCUT2D eigenvalue weighted by atomic mass is 10.0. The van der Waals surface area contributed by atoms with Crippen LogP contribution in [0.4, 0.5) is 0 Å². The van der Waals surface area contributed by atoms with Gasteiger partial charge in [0, 0.05) is 29.2 Å². The summed E-state index contributed by atoms with van der Waals surface area (Å²) >= 11 is 0. The van der Waals surface area contributed by atoms with E-state index in [0.29, 0.717) is 6.54 Å². The topological polar surface area (TPSA) is 94.3 Å². The van der Waals surface area contributed by atoms with Crippen LogP contribution in [0.3, 0.4) is 0 Å². The third-order valence-corrected chi connectivity index (χ3v) is 3.20. The maximum Gasteiger partial charge on any atom is 0.323 e. The van der Waals surface area contributed by atoms with Crippen molar-refractivity contribution < 1.29 is 9.90 Å². The zero-order valence-corrected chi connectivity index (χ0v) is 10.3. The smallest absolute Gasteiger partial charge is 0.323 e. The molecule has 0 spiro atoms. The minimum absolute atomic E-state index is 0.0658. The summed E-state index contributed by atoms with van der Waals surface area (Å²) in [5.74, 6) is -0.869. The van der Waals surface area contributed by atoms with Gasteiger partial charge in [-0.15, -0.1) is 0 Å². The summed E-state index contributed by atoms with van der Waals surface area (Å²) in [7, 11) is 0. The number of carbonyl (C=O) groups is 1. The summed E-state index contributed by atoms with van der Waals surface area (Å²) < 4.78 is 1.77. The molecular formula is C13H17N3O2. The van der Waals surface area contributed by atoms with E-state index in [9.17, 15) is 4.79 Å². The van der Waals surface area contributed by atoms with Gasteiger partial charge < -0.3 is 21.1 Å². The van der Waals surface area contributed by atoms with Crippen LogP contribution < -0.4 is 11.5 Å². The summed E-state index contributed by atoms with van der Waals surface area (Å²) in [5, 5.41) is 9.96. The molecule has 5 heteroatoms. The lowest BCUT2D eigenvalue weighted by molar-refractivity contribution is -0.137. The van der Waals surface area contributed by atoms with E-state index in [1.54, 1.807) is 4.57 Å². The second-order valence-corrected chi connectivity index (χ2v) is 4.34. The standard InChI is InChI=1S/C13H17N3O2/c1-8-13(10(15)6-14)9-4-2-3-5-11(9)16(8)7-12(17)18/h2-5,10H,6-7,14-15H2,1H3,(H,17,18). The Bertz CT molecular complexity index is 589. The molecular weight excluding hydrogens is 230 g/mol. The first-order chi connectivity index (χ1) is 8.56. The molecule has 1 unspecified atom stereocenters. The van der Waals surface area contributed by atoms with Gasteiger partial charge in [-0.2, -0.15) is 0 Å². The highest BCUT2D eigenvalue weighted by atomic mass is 16.4. The van der Waals surface area contributed by atoms with Crippen LogP contribution in [0.25, 0.3) is 10.9 Å². The van der Waals surface area contributed by atoms with Crippen molar-refractivity contribution in [1.29, 1.82) is 0 Å². The van der Waals surface area contributed by atoms with Gasteiger partial charge >= 0.3 is 5.97 Å². The number of nitrogens with zero attached hydrogens (tertiary/aromatic N) is 1. The van der Waals surface area contributed by atoms with Crippen molar-refractivity contribution in [1.82, 2.24) is 4.57 Å². The van der Waals surface area contributed by atoms with Crippen LogP contribution in [0.5, 0.6) is 0 Å². The first-order valence-electron chi connectivity index (χ1n) is 5.81. The zero-order chi connectivity index (χ0) is 13.3. The van der Waals surface area contributed by atoms with E-state index in [4.69, 9.17) is 16.6 Å². The van der Waals surface area contributed by atoms with Crippen LogP contribution in [0.15, 0.2) is 24.3 Å². The third kappa shape index (κ3) is 1.98. The number of aromatic nitrogens is 1. The molecule has 1 aromatic heterocycles. The summed E-state index contributed by atoms with van der Waals surface area (Å²) in [4.78, 5) is 10.9. The average molecular weight is 247 g/mol. The predicted molar refractivity (Wildman–Crippen MR) is 70.3 cm³/mol. The van der Waals surface area contributed by atoms with Crippen LogP contribution in [-0.2, 0) is 11.3 Å². The Morgan fingerprint density at radius 2 is 2.11 bits per heavy atom.